The largest absolute Gasteiger partial charge is 0.500 e. The molecule has 8 nitrogen and oxygen atoms in total. The normalized spacial score (nSPS) is 15.2. The van der Waals surface area contributed by atoms with Gasteiger partial charge in [-0.1, -0.05) is 17.7 Å². The zero-order valence-corrected chi connectivity index (χ0v) is 15.1. The highest BCUT2D eigenvalue weighted by Crippen LogP contribution is 2.38. The Morgan fingerprint density at radius 2 is 2.07 bits per heavy atom. The maximum absolute atomic E-state index is 12.8. The molecule has 0 fully saturated rings. The van der Waals surface area contributed by atoms with Gasteiger partial charge in [0.25, 0.3) is 5.91 Å². The summed E-state index contributed by atoms with van der Waals surface area (Å²) in [6.45, 7) is 1.65. The first-order valence-electron chi connectivity index (χ1n) is 7.74. The maximum atomic E-state index is 12.8. The van der Waals surface area contributed by atoms with Crippen LogP contribution < -0.4 is 9.75 Å². The Morgan fingerprint density at radius 1 is 1.33 bits per heavy atom. The van der Waals surface area contributed by atoms with Gasteiger partial charge in [0.15, 0.2) is 5.75 Å². The molecule has 0 aliphatic carbocycles. The fourth-order valence-electron chi connectivity index (χ4n) is 2.63. The molecule has 3 rings (SSSR count). The summed E-state index contributed by atoms with van der Waals surface area (Å²) < 4.78 is 4.97. The minimum absolute atomic E-state index is 0.0669. The number of hydrogen-bond donors (Lipinski definition) is 1. The number of benzene rings is 2. The van der Waals surface area contributed by atoms with E-state index < -0.39 is 22.3 Å². The minimum Gasteiger partial charge on any atom is -0.500 e. The van der Waals surface area contributed by atoms with Crippen LogP contribution in [0.25, 0.3) is 6.08 Å². The van der Waals surface area contributed by atoms with Crippen LogP contribution in [0.3, 0.4) is 0 Å². The number of ether oxygens (including phenoxy) is 1. The van der Waals surface area contributed by atoms with Crippen molar-refractivity contribution in [1.29, 1.82) is 0 Å². The monoisotopic (exact) mass is 387 g/mol. The van der Waals surface area contributed by atoms with Gasteiger partial charge < -0.3 is 9.84 Å². The molecule has 0 spiro atoms. The van der Waals surface area contributed by atoms with E-state index in [1.54, 1.807) is 31.2 Å². The summed E-state index contributed by atoms with van der Waals surface area (Å²) in [6.07, 6.45) is 1.46. The van der Waals surface area contributed by atoms with Crippen molar-refractivity contribution in [3.05, 3.63) is 62.7 Å². The summed E-state index contributed by atoms with van der Waals surface area (Å²) in [7, 11) is 1.28. The van der Waals surface area contributed by atoms with Gasteiger partial charge in [0.05, 0.1) is 29.0 Å². The topological polar surface area (TPSA) is 105 Å². The van der Waals surface area contributed by atoms with Crippen molar-refractivity contribution >= 4 is 40.7 Å². The van der Waals surface area contributed by atoms with Gasteiger partial charge in [-0.3, -0.25) is 14.9 Å². The van der Waals surface area contributed by atoms with E-state index in [0.29, 0.717) is 22.0 Å². The molecule has 0 atom stereocenters. The molecule has 27 heavy (non-hydrogen) atoms. The Hall–Kier alpha value is -3.39. The second-order valence-electron chi connectivity index (χ2n) is 5.69. The van der Waals surface area contributed by atoms with Crippen molar-refractivity contribution in [3.63, 3.8) is 0 Å². The van der Waals surface area contributed by atoms with Crippen molar-refractivity contribution in [2.24, 2.45) is 5.10 Å². The van der Waals surface area contributed by atoms with E-state index in [4.69, 9.17) is 16.3 Å². The van der Waals surface area contributed by atoms with E-state index in [1.807, 2.05) is 0 Å². The Labute approximate surface area is 159 Å². The second-order valence-corrected chi connectivity index (χ2v) is 6.12. The van der Waals surface area contributed by atoms with E-state index in [1.165, 1.54) is 24.3 Å². The zero-order chi connectivity index (χ0) is 19.7. The van der Waals surface area contributed by atoms with Crippen LogP contribution in [-0.2, 0) is 4.79 Å². The van der Waals surface area contributed by atoms with Crippen LogP contribution in [0.1, 0.15) is 12.5 Å². The molecule has 1 aliphatic heterocycles. The number of carbonyl (C=O) groups excluding carboxylic acids is 1. The molecule has 1 amide bonds. The number of phenols is 1. The molecule has 0 unspecified atom stereocenters. The number of aromatic hydroxyl groups is 1. The lowest BCUT2D eigenvalue weighted by atomic mass is 10.1. The summed E-state index contributed by atoms with van der Waals surface area (Å²) in [6, 6.07) is 9.24. The number of anilines is 1. The van der Waals surface area contributed by atoms with Crippen molar-refractivity contribution in [2.45, 2.75) is 6.92 Å². The predicted octanol–water partition coefficient (Wildman–Crippen LogP) is 3.77. The van der Waals surface area contributed by atoms with E-state index in [2.05, 4.69) is 5.10 Å². The van der Waals surface area contributed by atoms with Crippen molar-refractivity contribution < 1.29 is 19.6 Å². The van der Waals surface area contributed by atoms with E-state index in [9.17, 15) is 20.0 Å². The average Bonchev–Trinajstić information content (AvgIpc) is 2.91. The molecule has 0 aromatic heterocycles. The van der Waals surface area contributed by atoms with Gasteiger partial charge in [-0.05, 0) is 42.8 Å². The number of phenolic OH excluding ortho intramolecular Hbond substituents is 1. The lowest BCUT2D eigenvalue weighted by molar-refractivity contribution is -0.386. The standard InChI is InChI=1S/C18H14ClN3O5/c1-10-14(18(24)21(20-10)13-5-3-4-12(19)9-13)6-11-7-15(22(25)26)17(23)16(8-11)27-2/h3-9,23H,1-2H3/b14-6+. The molecule has 0 saturated heterocycles. The zero-order valence-electron chi connectivity index (χ0n) is 14.3. The van der Waals surface area contributed by atoms with E-state index in [0.717, 1.165) is 6.07 Å². The van der Waals surface area contributed by atoms with Crippen LogP contribution in [0.15, 0.2) is 47.1 Å². The lowest BCUT2D eigenvalue weighted by Gasteiger charge is -2.11. The Balaban J connectivity index is 2.03. The average molecular weight is 388 g/mol. The number of rotatable bonds is 4. The lowest BCUT2D eigenvalue weighted by Crippen LogP contribution is -2.21. The number of carbonyl (C=O) groups is 1. The number of hydrogen-bond acceptors (Lipinski definition) is 6. The third-order valence-electron chi connectivity index (χ3n) is 3.92. The smallest absolute Gasteiger partial charge is 0.315 e. The number of methoxy groups -OCH3 is 1. The molecule has 1 heterocycles. The summed E-state index contributed by atoms with van der Waals surface area (Å²) in [5.74, 6) is -1.04. The number of halogens is 1. The molecule has 2 aromatic carbocycles. The number of nitro benzene ring substituents is 1. The molecule has 138 valence electrons. The SMILES string of the molecule is COc1cc(/C=C2/C(=O)N(c3cccc(Cl)c3)N=C2C)cc([N+](=O)[O-])c1O. The fraction of sp³-hybridized carbons (Fsp3) is 0.111. The first-order valence-corrected chi connectivity index (χ1v) is 8.12. The van der Waals surface area contributed by atoms with Gasteiger partial charge in [0, 0.05) is 11.1 Å². The number of nitrogens with zero attached hydrogens (tertiary/aromatic N) is 3. The van der Waals surface area contributed by atoms with Crippen LogP contribution in [0.5, 0.6) is 11.5 Å². The number of nitro groups is 1. The van der Waals surface area contributed by atoms with Gasteiger partial charge in [-0.25, -0.2) is 0 Å². The van der Waals surface area contributed by atoms with Gasteiger partial charge >= 0.3 is 5.69 Å². The van der Waals surface area contributed by atoms with Crippen LogP contribution in [0.4, 0.5) is 11.4 Å². The van der Waals surface area contributed by atoms with Crippen molar-refractivity contribution in [3.8, 4) is 11.5 Å². The van der Waals surface area contributed by atoms with Crippen molar-refractivity contribution in [1.82, 2.24) is 0 Å². The Kier molecular flexibility index (Phi) is 4.83. The fourth-order valence-corrected chi connectivity index (χ4v) is 2.81. The molecule has 9 heteroatoms. The summed E-state index contributed by atoms with van der Waals surface area (Å²) in [5, 5.41) is 26.9. The van der Waals surface area contributed by atoms with Crippen LogP contribution in [-0.4, -0.2) is 28.8 Å². The highest BCUT2D eigenvalue weighted by molar-refractivity contribution is 6.33. The first kappa shape index (κ1) is 18.4. The van der Waals surface area contributed by atoms with Crippen LogP contribution in [0, 0.1) is 10.1 Å². The quantitative estimate of drug-likeness (QED) is 0.488. The molecular formula is C18H14ClN3O5. The summed E-state index contributed by atoms with van der Waals surface area (Å²) in [5.41, 5.74) is 1.01. The predicted molar refractivity (Wildman–Crippen MR) is 101 cm³/mol. The summed E-state index contributed by atoms with van der Waals surface area (Å²) in [4.78, 5) is 23.2. The van der Waals surface area contributed by atoms with Gasteiger partial charge in [0.1, 0.15) is 0 Å². The second kappa shape index (κ2) is 7.08. The number of hydrazone groups is 1. The Morgan fingerprint density at radius 3 is 2.70 bits per heavy atom. The Bertz CT molecular complexity index is 1020. The third kappa shape index (κ3) is 3.47. The van der Waals surface area contributed by atoms with Gasteiger partial charge in [0.2, 0.25) is 5.75 Å². The molecule has 1 N–H and O–H groups in total. The molecule has 2 aromatic rings. The molecular weight excluding hydrogens is 374 g/mol. The molecule has 0 saturated carbocycles. The van der Waals surface area contributed by atoms with Gasteiger partial charge in [-0.15, -0.1) is 0 Å². The van der Waals surface area contributed by atoms with Crippen LogP contribution in [0.2, 0.25) is 5.02 Å². The highest BCUT2D eigenvalue weighted by Gasteiger charge is 2.29. The van der Waals surface area contributed by atoms with Crippen LogP contribution >= 0.6 is 11.6 Å². The number of amides is 1. The van der Waals surface area contributed by atoms with Gasteiger partial charge in [-0.2, -0.15) is 10.1 Å². The highest BCUT2D eigenvalue weighted by atomic mass is 35.5. The minimum atomic E-state index is -0.727. The molecule has 1 aliphatic rings. The third-order valence-corrected chi connectivity index (χ3v) is 4.16. The molecule has 0 bridgehead atoms. The molecule has 0 radical (unpaired) electrons. The summed E-state index contributed by atoms with van der Waals surface area (Å²) >= 11 is 5.97. The first-order chi connectivity index (χ1) is 12.8. The maximum Gasteiger partial charge on any atom is 0.315 e. The van der Waals surface area contributed by atoms with E-state index in [-0.39, 0.29) is 11.3 Å². The van der Waals surface area contributed by atoms with E-state index >= 15 is 0 Å². The van der Waals surface area contributed by atoms with Crippen molar-refractivity contribution in [2.75, 3.05) is 12.1 Å².